The predicted molar refractivity (Wildman–Crippen MR) is 62.6 cm³/mol. The van der Waals surface area contributed by atoms with Gasteiger partial charge in [-0.1, -0.05) is 27.7 Å². The lowest BCUT2D eigenvalue weighted by Crippen LogP contribution is -2.35. The molecule has 2 atom stereocenters. The summed E-state index contributed by atoms with van der Waals surface area (Å²) < 4.78 is 13.0. The van der Waals surface area contributed by atoms with Gasteiger partial charge in [0.1, 0.15) is 6.17 Å². The number of hydrogen-bond donors (Lipinski definition) is 0. The van der Waals surface area contributed by atoms with E-state index in [1.165, 1.54) is 0 Å². The largest absolute Gasteiger partial charge is 0.302 e. The van der Waals surface area contributed by atoms with Crippen molar-refractivity contribution in [3.63, 3.8) is 0 Å². The summed E-state index contributed by atoms with van der Waals surface area (Å²) >= 11 is 0. The van der Waals surface area contributed by atoms with E-state index in [0.717, 1.165) is 6.54 Å². The maximum absolute atomic E-state index is 13.0. The second kappa shape index (κ2) is 9.41. The topological polar surface area (TPSA) is 6.48 Å². The molecule has 1 heterocycles. The zero-order valence-electron chi connectivity index (χ0n) is 10.8. The minimum atomic E-state index is -0.667. The van der Waals surface area contributed by atoms with Gasteiger partial charge in [-0.05, 0) is 21.1 Å². The van der Waals surface area contributed by atoms with E-state index >= 15 is 0 Å². The molecule has 0 spiro atoms. The van der Waals surface area contributed by atoms with Gasteiger partial charge < -0.3 is 9.80 Å². The first-order valence-corrected chi connectivity index (χ1v) is 5.60. The molecule has 1 aliphatic rings. The molecule has 1 aliphatic heterocycles. The summed E-state index contributed by atoms with van der Waals surface area (Å²) in [7, 11) is 5.81. The van der Waals surface area contributed by atoms with Gasteiger partial charge in [0.2, 0.25) is 0 Å². The molecular weight excluding hydrogens is 179 g/mol. The average molecular weight is 206 g/mol. The molecule has 1 unspecified atom stereocenters. The Morgan fingerprint density at radius 1 is 1.07 bits per heavy atom. The van der Waals surface area contributed by atoms with Crippen LogP contribution in [-0.4, -0.2) is 56.2 Å². The van der Waals surface area contributed by atoms with Gasteiger partial charge in [-0.15, -0.1) is 0 Å². The number of rotatable bonds is 1. The van der Waals surface area contributed by atoms with E-state index < -0.39 is 6.17 Å². The highest BCUT2D eigenvalue weighted by Crippen LogP contribution is 2.14. The van der Waals surface area contributed by atoms with E-state index in [9.17, 15) is 4.39 Å². The first-order chi connectivity index (χ1) is 6.61. The summed E-state index contributed by atoms with van der Waals surface area (Å²) in [6, 6.07) is 0.102. The maximum Gasteiger partial charge on any atom is 0.129 e. The second-order valence-corrected chi connectivity index (χ2v) is 3.27. The third-order valence-corrected chi connectivity index (χ3v) is 2.07. The van der Waals surface area contributed by atoms with Gasteiger partial charge in [0.25, 0.3) is 0 Å². The van der Waals surface area contributed by atoms with Crippen LogP contribution in [0.4, 0.5) is 4.39 Å². The summed E-state index contributed by atoms with van der Waals surface area (Å²) in [5.41, 5.74) is 0. The Morgan fingerprint density at radius 2 is 1.50 bits per heavy atom. The van der Waals surface area contributed by atoms with E-state index in [-0.39, 0.29) is 6.04 Å². The molecule has 0 saturated carbocycles. The lowest BCUT2D eigenvalue weighted by atomic mass is 10.2. The highest BCUT2D eigenvalue weighted by molar-refractivity contribution is 4.87. The summed E-state index contributed by atoms with van der Waals surface area (Å²) in [5.74, 6) is 0. The van der Waals surface area contributed by atoms with Gasteiger partial charge >= 0.3 is 0 Å². The molecule has 0 aromatic rings. The fourth-order valence-corrected chi connectivity index (χ4v) is 1.41. The van der Waals surface area contributed by atoms with E-state index in [1.54, 1.807) is 0 Å². The molecule has 0 aromatic heterocycles. The van der Waals surface area contributed by atoms with Crippen LogP contribution in [0.3, 0.4) is 0 Å². The van der Waals surface area contributed by atoms with Crippen molar-refractivity contribution in [1.82, 2.24) is 9.80 Å². The minimum absolute atomic E-state index is 0.102. The fourth-order valence-electron chi connectivity index (χ4n) is 1.41. The van der Waals surface area contributed by atoms with Crippen LogP contribution < -0.4 is 0 Å². The molecule has 88 valence electrons. The Hall–Kier alpha value is -0.150. The monoisotopic (exact) mass is 206 g/mol. The van der Waals surface area contributed by atoms with Gasteiger partial charge in [0.15, 0.2) is 0 Å². The van der Waals surface area contributed by atoms with E-state index in [4.69, 9.17) is 0 Å². The predicted octanol–water partition coefficient (Wildman–Crippen LogP) is 2.25. The Kier molecular flexibility index (Phi) is 10.9. The van der Waals surface area contributed by atoms with Crippen LogP contribution in [0.1, 0.15) is 27.7 Å². The number of nitrogens with zero attached hydrogens (tertiary/aromatic N) is 2. The average Bonchev–Trinajstić information content (AvgIpc) is 2.52. The summed E-state index contributed by atoms with van der Waals surface area (Å²) in [6.45, 7) is 9.44. The smallest absolute Gasteiger partial charge is 0.129 e. The molecule has 2 nitrogen and oxygen atoms in total. The molecule has 0 N–H and O–H groups in total. The van der Waals surface area contributed by atoms with Crippen LogP contribution in [0.15, 0.2) is 0 Å². The highest BCUT2D eigenvalue weighted by atomic mass is 19.1. The summed E-state index contributed by atoms with van der Waals surface area (Å²) in [6.07, 6.45) is -0.667. The summed E-state index contributed by atoms with van der Waals surface area (Å²) in [5, 5.41) is 0. The zero-order valence-corrected chi connectivity index (χ0v) is 10.8. The normalized spacial score (nSPS) is 26.4. The van der Waals surface area contributed by atoms with Crippen molar-refractivity contribution in [2.24, 2.45) is 0 Å². The molecule has 3 heteroatoms. The molecule has 0 amide bonds. The van der Waals surface area contributed by atoms with E-state index in [2.05, 4.69) is 0 Å². The minimum Gasteiger partial charge on any atom is -0.302 e. The van der Waals surface area contributed by atoms with Crippen LogP contribution in [0, 0.1) is 0 Å². The van der Waals surface area contributed by atoms with E-state index in [1.807, 2.05) is 58.6 Å². The van der Waals surface area contributed by atoms with Crippen LogP contribution in [0.25, 0.3) is 0 Å². The Morgan fingerprint density at radius 3 is 1.64 bits per heavy atom. The van der Waals surface area contributed by atoms with Gasteiger partial charge in [0.05, 0.1) is 6.04 Å². The van der Waals surface area contributed by atoms with Crippen LogP contribution in [0.2, 0.25) is 0 Å². The first kappa shape index (κ1) is 16.3. The third-order valence-electron chi connectivity index (χ3n) is 2.07. The molecule has 0 aliphatic carbocycles. The van der Waals surface area contributed by atoms with Crippen molar-refractivity contribution in [1.29, 1.82) is 0 Å². The molecule has 1 fully saturated rings. The molecule has 0 bridgehead atoms. The van der Waals surface area contributed by atoms with E-state index in [0.29, 0.717) is 6.54 Å². The second-order valence-electron chi connectivity index (χ2n) is 3.27. The van der Waals surface area contributed by atoms with Gasteiger partial charge in [-0.25, -0.2) is 4.39 Å². The lowest BCUT2D eigenvalue weighted by molar-refractivity contribution is 0.202. The number of likely N-dealkylation sites (tertiary alicyclic amines) is 1. The Labute approximate surface area is 89.1 Å². The first-order valence-electron chi connectivity index (χ1n) is 5.60. The standard InChI is InChI=1S/C7H15FN2.2C2H6/c1-9(2)7-5-10(3)4-6(7)8;2*1-2/h6-7H,4-5H2,1-3H3;2*1-2H3/t6-,7?;;/m1../s1. The maximum atomic E-state index is 13.0. The van der Waals surface area contributed by atoms with Crippen LogP contribution >= 0.6 is 0 Å². The Balaban J connectivity index is 0. The molecule has 14 heavy (non-hydrogen) atoms. The number of halogens is 1. The van der Waals surface area contributed by atoms with Gasteiger partial charge in [-0.3, -0.25) is 0 Å². The molecule has 1 rings (SSSR count). The third kappa shape index (κ3) is 5.55. The van der Waals surface area contributed by atoms with Crippen molar-refractivity contribution in [3.05, 3.63) is 0 Å². The number of alkyl halides is 1. The number of likely N-dealkylation sites (N-methyl/N-ethyl adjacent to an activating group) is 2. The van der Waals surface area contributed by atoms with Crippen molar-refractivity contribution in [2.45, 2.75) is 39.9 Å². The molecule has 1 saturated heterocycles. The van der Waals surface area contributed by atoms with Crippen molar-refractivity contribution in [2.75, 3.05) is 34.2 Å². The van der Waals surface area contributed by atoms with Crippen molar-refractivity contribution >= 4 is 0 Å². The molecular formula is C11H27FN2. The van der Waals surface area contributed by atoms with Crippen molar-refractivity contribution < 1.29 is 4.39 Å². The fraction of sp³-hybridized carbons (Fsp3) is 1.00. The Bertz CT molecular complexity index is 118. The SMILES string of the molecule is CC.CC.CN1CC(N(C)C)[C@H](F)C1. The van der Waals surface area contributed by atoms with Crippen molar-refractivity contribution in [3.8, 4) is 0 Å². The quantitative estimate of drug-likeness (QED) is 0.649. The van der Waals surface area contributed by atoms with Gasteiger partial charge in [0, 0.05) is 13.1 Å². The molecule has 0 radical (unpaired) electrons. The number of hydrogen-bond acceptors (Lipinski definition) is 2. The zero-order chi connectivity index (χ0) is 11.7. The van der Waals surface area contributed by atoms with Gasteiger partial charge in [-0.2, -0.15) is 0 Å². The summed E-state index contributed by atoms with van der Waals surface area (Å²) in [4.78, 5) is 3.98. The van der Waals surface area contributed by atoms with Crippen LogP contribution in [0.5, 0.6) is 0 Å². The lowest BCUT2D eigenvalue weighted by Gasteiger charge is -2.19. The molecule has 0 aromatic carbocycles. The van der Waals surface area contributed by atoms with Crippen LogP contribution in [-0.2, 0) is 0 Å². The highest BCUT2D eigenvalue weighted by Gasteiger charge is 2.31.